The van der Waals surface area contributed by atoms with Crippen LogP contribution in [0.5, 0.6) is 0 Å². The van der Waals surface area contributed by atoms with Crippen LogP contribution in [-0.2, 0) is 6.54 Å². The van der Waals surface area contributed by atoms with Crippen LogP contribution >= 0.6 is 22.9 Å². The Bertz CT molecular complexity index is 540. The average molecular weight is 292 g/mol. The topological polar surface area (TPSA) is 12.0 Å². The minimum Gasteiger partial charge on any atom is -0.310 e. The molecule has 0 unspecified atom stereocenters. The summed E-state index contributed by atoms with van der Waals surface area (Å²) in [6, 6.07) is 8.97. The van der Waals surface area contributed by atoms with Crippen LogP contribution in [0.2, 0.25) is 5.02 Å². The summed E-state index contributed by atoms with van der Waals surface area (Å²) in [5.74, 6) is 0.707. The van der Waals surface area contributed by atoms with Crippen molar-refractivity contribution in [2.24, 2.45) is 0 Å². The van der Waals surface area contributed by atoms with Crippen molar-refractivity contribution < 1.29 is 0 Å². The van der Waals surface area contributed by atoms with E-state index in [1.165, 1.54) is 29.5 Å². The standard InChI is InChI=1S/C16H18ClNS/c1-11-9-19-10-14(11)8-18-16-6-13(7-16)12-2-4-15(17)5-3-12/h2-5,9-10,13,16,18H,6-8H2,1H3. The number of halogens is 1. The Kier molecular flexibility index (Phi) is 3.92. The van der Waals surface area contributed by atoms with Gasteiger partial charge < -0.3 is 5.32 Å². The summed E-state index contributed by atoms with van der Waals surface area (Å²) in [6.45, 7) is 3.19. The van der Waals surface area contributed by atoms with E-state index in [0.29, 0.717) is 12.0 Å². The van der Waals surface area contributed by atoms with Crippen molar-refractivity contribution in [3.8, 4) is 0 Å². The molecule has 1 aliphatic rings. The van der Waals surface area contributed by atoms with Crippen molar-refractivity contribution in [3.63, 3.8) is 0 Å². The van der Waals surface area contributed by atoms with Gasteiger partial charge >= 0.3 is 0 Å². The zero-order chi connectivity index (χ0) is 13.2. The number of hydrogen-bond donors (Lipinski definition) is 1. The number of thiophene rings is 1. The highest BCUT2D eigenvalue weighted by Gasteiger charge is 2.29. The van der Waals surface area contributed by atoms with Crippen LogP contribution in [0.3, 0.4) is 0 Å². The van der Waals surface area contributed by atoms with Crippen molar-refractivity contribution in [1.82, 2.24) is 5.32 Å². The summed E-state index contributed by atoms with van der Waals surface area (Å²) >= 11 is 7.71. The molecule has 3 rings (SSSR count). The summed E-state index contributed by atoms with van der Waals surface area (Å²) in [4.78, 5) is 0. The Morgan fingerprint density at radius 3 is 2.58 bits per heavy atom. The lowest BCUT2D eigenvalue weighted by atomic mass is 9.76. The van der Waals surface area contributed by atoms with Gasteiger partial charge in [-0.3, -0.25) is 0 Å². The van der Waals surface area contributed by atoms with Crippen molar-refractivity contribution >= 4 is 22.9 Å². The van der Waals surface area contributed by atoms with Crippen LogP contribution in [-0.4, -0.2) is 6.04 Å². The lowest BCUT2D eigenvalue weighted by Gasteiger charge is -2.36. The average Bonchev–Trinajstić information content (AvgIpc) is 2.75. The molecule has 0 amide bonds. The number of aryl methyl sites for hydroxylation is 1. The quantitative estimate of drug-likeness (QED) is 0.857. The van der Waals surface area contributed by atoms with Gasteiger partial charge in [0.05, 0.1) is 0 Å². The Hall–Kier alpha value is -0.830. The van der Waals surface area contributed by atoms with E-state index in [1.807, 2.05) is 12.1 Å². The largest absolute Gasteiger partial charge is 0.310 e. The predicted molar refractivity (Wildman–Crippen MR) is 83.1 cm³/mol. The number of benzene rings is 1. The first-order chi connectivity index (χ1) is 9.22. The second-order valence-corrected chi connectivity index (χ2v) is 6.56. The Morgan fingerprint density at radius 2 is 1.95 bits per heavy atom. The zero-order valence-electron chi connectivity index (χ0n) is 11.0. The van der Waals surface area contributed by atoms with Crippen LogP contribution in [0.15, 0.2) is 35.0 Å². The van der Waals surface area contributed by atoms with Crippen LogP contribution in [0.1, 0.15) is 35.4 Å². The van der Waals surface area contributed by atoms with Crippen molar-refractivity contribution in [2.75, 3.05) is 0 Å². The molecule has 0 spiro atoms. The molecule has 1 heterocycles. The van der Waals surface area contributed by atoms with E-state index in [4.69, 9.17) is 11.6 Å². The number of rotatable bonds is 4. The molecule has 0 radical (unpaired) electrons. The minimum absolute atomic E-state index is 0.667. The van der Waals surface area contributed by atoms with Gasteiger partial charge in [-0.2, -0.15) is 11.3 Å². The van der Waals surface area contributed by atoms with E-state index in [9.17, 15) is 0 Å². The Labute approximate surface area is 123 Å². The van der Waals surface area contributed by atoms with Crippen LogP contribution in [0, 0.1) is 6.92 Å². The van der Waals surface area contributed by atoms with Crippen molar-refractivity contribution in [1.29, 1.82) is 0 Å². The first-order valence-corrected chi connectivity index (χ1v) is 8.05. The van der Waals surface area contributed by atoms with E-state index < -0.39 is 0 Å². The van der Waals surface area contributed by atoms with Gasteiger partial charge in [0, 0.05) is 17.6 Å². The third kappa shape index (κ3) is 3.02. The highest BCUT2D eigenvalue weighted by molar-refractivity contribution is 7.08. The maximum atomic E-state index is 5.92. The molecule has 1 aliphatic carbocycles. The van der Waals surface area contributed by atoms with Gasteiger partial charge in [-0.05, 0) is 65.3 Å². The molecule has 1 saturated carbocycles. The Morgan fingerprint density at radius 1 is 1.21 bits per heavy atom. The zero-order valence-corrected chi connectivity index (χ0v) is 12.6. The summed E-state index contributed by atoms with van der Waals surface area (Å²) in [7, 11) is 0. The molecule has 0 saturated heterocycles. The first-order valence-electron chi connectivity index (χ1n) is 6.73. The molecule has 19 heavy (non-hydrogen) atoms. The summed E-state index contributed by atoms with van der Waals surface area (Å²) in [5, 5.41) is 8.94. The van der Waals surface area contributed by atoms with Crippen molar-refractivity contribution in [3.05, 3.63) is 56.7 Å². The van der Waals surface area contributed by atoms with E-state index >= 15 is 0 Å². The molecule has 0 atom stereocenters. The van der Waals surface area contributed by atoms with Crippen LogP contribution < -0.4 is 5.32 Å². The molecule has 1 aromatic heterocycles. The molecule has 100 valence electrons. The molecule has 0 aliphatic heterocycles. The normalized spacial score (nSPS) is 22.2. The summed E-state index contributed by atoms with van der Waals surface area (Å²) in [6.07, 6.45) is 2.48. The SMILES string of the molecule is Cc1cscc1CNC1CC(c2ccc(Cl)cc2)C1. The smallest absolute Gasteiger partial charge is 0.0406 e. The third-order valence-corrected chi connectivity index (χ3v) is 5.18. The van der Waals surface area contributed by atoms with E-state index in [2.05, 4.69) is 35.1 Å². The molecule has 1 nitrogen and oxygen atoms in total. The Balaban J connectivity index is 1.48. The van der Waals surface area contributed by atoms with E-state index in [0.717, 1.165) is 11.6 Å². The molecule has 1 N–H and O–H groups in total. The van der Waals surface area contributed by atoms with Crippen LogP contribution in [0.4, 0.5) is 0 Å². The molecule has 0 bridgehead atoms. The summed E-state index contributed by atoms with van der Waals surface area (Å²) < 4.78 is 0. The van der Waals surface area contributed by atoms with Gasteiger partial charge in [0.15, 0.2) is 0 Å². The highest BCUT2D eigenvalue weighted by Crippen LogP contribution is 2.37. The van der Waals surface area contributed by atoms with Gasteiger partial charge in [0.2, 0.25) is 0 Å². The maximum Gasteiger partial charge on any atom is 0.0406 e. The second-order valence-electron chi connectivity index (χ2n) is 5.38. The molecule has 2 aromatic rings. The molecule has 1 fully saturated rings. The highest BCUT2D eigenvalue weighted by atomic mass is 35.5. The fraction of sp³-hybridized carbons (Fsp3) is 0.375. The van der Waals surface area contributed by atoms with Gasteiger partial charge in [0.25, 0.3) is 0 Å². The van der Waals surface area contributed by atoms with Crippen molar-refractivity contribution in [2.45, 2.75) is 38.3 Å². The number of hydrogen-bond acceptors (Lipinski definition) is 2. The van der Waals surface area contributed by atoms with Gasteiger partial charge in [-0.1, -0.05) is 23.7 Å². The molecular formula is C16H18ClNS. The van der Waals surface area contributed by atoms with Gasteiger partial charge in [-0.25, -0.2) is 0 Å². The lowest BCUT2D eigenvalue weighted by Crippen LogP contribution is -2.39. The molecule has 3 heteroatoms. The minimum atomic E-state index is 0.667. The third-order valence-electron chi connectivity index (χ3n) is 4.02. The van der Waals surface area contributed by atoms with E-state index in [-0.39, 0.29) is 0 Å². The van der Waals surface area contributed by atoms with E-state index in [1.54, 1.807) is 11.3 Å². The predicted octanol–water partition coefficient (Wildman–Crippen LogP) is 4.75. The fourth-order valence-electron chi connectivity index (χ4n) is 2.61. The molecular weight excluding hydrogens is 274 g/mol. The second kappa shape index (κ2) is 5.66. The summed E-state index contributed by atoms with van der Waals surface area (Å²) in [5.41, 5.74) is 4.28. The first kappa shape index (κ1) is 13.2. The van der Waals surface area contributed by atoms with Crippen LogP contribution in [0.25, 0.3) is 0 Å². The van der Waals surface area contributed by atoms with Gasteiger partial charge in [0.1, 0.15) is 0 Å². The monoisotopic (exact) mass is 291 g/mol. The van der Waals surface area contributed by atoms with Gasteiger partial charge in [-0.15, -0.1) is 0 Å². The molecule has 1 aromatic carbocycles. The maximum absolute atomic E-state index is 5.92. The number of nitrogens with one attached hydrogen (secondary N) is 1. The fourth-order valence-corrected chi connectivity index (χ4v) is 3.60. The lowest BCUT2D eigenvalue weighted by molar-refractivity contribution is 0.289.